The van der Waals surface area contributed by atoms with Gasteiger partial charge in [-0.05, 0) is 36.9 Å². The number of benzene rings is 1. The number of carbonyl (C=O) groups is 1. The van der Waals surface area contributed by atoms with Gasteiger partial charge in [0.1, 0.15) is 0 Å². The van der Waals surface area contributed by atoms with Gasteiger partial charge in [0, 0.05) is 4.47 Å². The van der Waals surface area contributed by atoms with Gasteiger partial charge in [-0.25, -0.2) is 0 Å². The third-order valence-corrected chi connectivity index (χ3v) is 4.10. The van der Waals surface area contributed by atoms with Gasteiger partial charge in [0.05, 0.1) is 5.41 Å². The van der Waals surface area contributed by atoms with E-state index < -0.39 is 11.4 Å². The average Bonchev–Trinajstić information content (AvgIpc) is 2.19. The smallest absolute Gasteiger partial charge is 0.314 e. The van der Waals surface area contributed by atoms with E-state index in [1.54, 1.807) is 0 Å². The van der Waals surface area contributed by atoms with Crippen LogP contribution in [-0.4, -0.2) is 17.6 Å². The third-order valence-electron chi connectivity index (χ3n) is 3.41. The quantitative estimate of drug-likeness (QED) is 0.893. The second-order valence-electron chi connectivity index (χ2n) is 4.38. The van der Waals surface area contributed by atoms with Crippen molar-refractivity contribution in [1.82, 2.24) is 0 Å². The Morgan fingerprint density at radius 1 is 1.50 bits per heavy atom. The molecule has 3 nitrogen and oxygen atoms in total. The molecule has 0 aliphatic heterocycles. The summed E-state index contributed by atoms with van der Waals surface area (Å²) in [4.78, 5) is 11.5. The Kier molecular flexibility index (Phi) is 3.04. The molecule has 1 aliphatic carbocycles. The number of rotatable bonds is 3. The second-order valence-corrected chi connectivity index (χ2v) is 5.23. The van der Waals surface area contributed by atoms with Gasteiger partial charge in [0.25, 0.3) is 0 Å². The summed E-state index contributed by atoms with van der Waals surface area (Å²) in [6.45, 7) is 0.569. The number of hydrogen-bond donors (Lipinski definition) is 2. The normalized spacial score (nSPS) is 28.5. The van der Waals surface area contributed by atoms with Gasteiger partial charge in [-0.15, -0.1) is 0 Å². The molecule has 4 heteroatoms. The highest BCUT2D eigenvalue weighted by molar-refractivity contribution is 9.10. The summed E-state index contributed by atoms with van der Waals surface area (Å²) >= 11 is 3.42. The largest absolute Gasteiger partial charge is 0.481 e. The van der Waals surface area contributed by atoms with Gasteiger partial charge in [-0.3, -0.25) is 4.79 Å². The van der Waals surface area contributed by atoms with Crippen molar-refractivity contribution in [2.45, 2.75) is 18.3 Å². The summed E-state index contributed by atoms with van der Waals surface area (Å²) in [5, 5.41) is 9.41. The molecular weight excluding hydrogens is 270 g/mol. The molecule has 1 aromatic rings. The van der Waals surface area contributed by atoms with Crippen molar-refractivity contribution < 1.29 is 9.90 Å². The molecule has 0 radical (unpaired) electrons. The summed E-state index contributed by atoms with van der Waals surface area (Å²) in [5.74, 6) is -0.410. The summed E-state index contributed by atoms with van der Waals surface area (Å²) in [5.41, 5.74) is 5.70. The van der Waals surface area contributed by atoms with Crippen molar-refractivity contribution in [2.75, 3.05) is 6.54 Å². The molecule has 0 aromatic heterocycles. The van der Waals surface area contributed by atoms with Crippen LogP contribution < -0.4 is 5.73 Å². The summed E-state index contributed by atoms with van der Waals surface area (Å²) in [7, 11) is 0. The van der Waals surface area contributed by atoms with Crippen molar-refractivity contribution in [2.24, 2.45) is 11.7 Å². The molecule has 86 valence electrons. The molecule has 0 bridgehead atoms. The van der Waals surface area contributed by atoms with E-state index in [0.29, 0.717) is 25.3 Å². The molecule has 1 saturated carbocycles. The van der Waals surface area contributed by atoms with E-state index in [-0.39, 0.29) is 0 Å². The van der Waals surface area contributed by atoms with Crippen LogP contribution in [0, 0.1) is 5.92 Å². The number of nitrogens with two attached hydrogens (primary N) is 1. The average molecular weight is 284 g/mol. The number of aliphatic carboxylic acids is 1. The topological polar surface area (TPSA) is 63.3 Å². The molecule has 1 aromatic carbocycles. The molecule has 0 unspecified atom stereocenters. The fourth-order valence-corrected chi connectivity index (χ4v) is 3.12. The van der Waals surface area contributed by atoms with Crippen LogP contribution in [0.4, 0.5) is 0 Å². The van der Waals surface area contributed by atoms with Crippen molar-refractivity contribution in [1.29, 1.82) is 0 Å². The first kappa shape index (κ1) is 11.6. The van der Waals surface area contributed by atoms with E-state index in [1.165, 1.54) is 0 Å². The van der Waals surface area contributed by atoms with Crippen LogP contribution in [0.2, 0.25) is 0 Å². The number of carboxylic acid groups (broad SMARTS) is 1. The van der Waals surface area contributed by atoms with Crippen molar-refractivity contribution in [3.8, 4) is 0 Å². The van der Waals surface area contributed by atoms with Gasteiger partial charge in [0.15, 0.2) is 0 Å². The van der Waals surface area contributed by atoms with Gasteiger partial charge in [0.2, 0.25) is 0 Å². The van der Waals surface area contributed by atoms with Crippen LogP contribution in [0.15, 0.2) is 28.7 Å². The highest BCUT2D eigenvalue weighted by Crippen LogP contribution is 2.49. The predicted octanol–water partition coefficient (Wildman–Crippen LogP) is 2.14. The van der Waals surface area contributed by atoms with Gasteiger partial charge >= 0.3 is 5.97 Å². The van der Waals surface area contributed by atoms with Crippen molar-refractivity contribution >= 4 is 21.9 Å². The molecule has 1 aliphatic rings. The molecule has 0 spiro atoms. The molecular formula is C12H14BrNO2. The summed E-state index contributed by atoms with van der Waals surface area (Å²) in [6, 6.07) is 7.53. The Labute approximate surface area is 103 Å². The zero-order chi connectivity index (χ0) is 11.8. The lowest BCUT2D eigenvalue weighted by atomic mass is 9.58. The third kappa shape index (κ3) is 1.66. The summed E-state index contributed by atoms with van der Waals surface area (Å²) < 4.78 is 0.868. The number of carboxylic acids is 1. The Morgan fingerprint density at radius 3 is 2.62 bits per heavy atom. The molecule has 0 saturated heterocycles. The van der Waals surface area contributed by atoms with E-state index in [2.05, 4.69) is 15.9 Å². The Morgan fingerprint density at radius 2 is 2.12 bits per heavy atom. The lowest BCUT2D eigenvalue weighted by Gasteiger charge is -2.44. The van der Waals surface area contributed by atoms with Crippen LogP contribution in [0.3, 0.4) is 0 Å². The van der Waals surface area contributed by atoms with E-state index >= 15 is 0 Å². The molecule has 3 N–H and O–H groups in total. The Balaban J connectivity index is 2.36. The summed E-state index contributed by atoms with van der Waals surface area (Å²) in [6.07, 6.45) is 1.28. The SMILES string of the molecule is NCC1CC(C(=O)O)(c2ccccc2Br)C1. The van der Waals surface area contributed by atoms with Crippen molar-refractivity contribution in [3.63, 3.8) is 0 Å². The Bertz CT molecular complexity index is 413. The predicted molar refractivity (Wildman–Crippen MR) is 65.2 cm³/mol. The maximum absolute atomic E-state index is 11.5. The fraction of sp³-hybridized carbons (Fsp3) is 0.417. The van der Waals surface area contributed by atoms with Crippen LogP contribution in [-0.2, 0) is 10.2 Å². The van der Waals surface area contributed by atoms with E-state index in [1.807, 2.05) is 24.3 Å². The minimum absolute atomic E-state index is 0.336. The first-order valence-corrected chi connectivity index (χ1v) is 6.08. The van der Waals surface area contributed by atoms with Crippen LogP contribution in [0.25, 0.3) is 0 Å². The zero-order valence-electron chi connectivity index (χ0n) is 8.82. The monoisotopic (exact) mass is 283 g/mol. The lowest BCUT2D eigenvalue weighted by molar-refractivity contribution is -0.149. The van der Waals surface area contributed by atoms with E-state index in [0.717, 1.165) is 10.0 Å². The Hall–Kier alpha value is -0.870. The van der Waals surface area contributed by atoms with E-state index in [9.17, 15) is 9.90 Å². The maximum Gasteiger partial charge on any atom is 0.314 e. The van der Waals surface area contributed by atoms with E-state index in [4.69, 9.17) is 5.73 Å². The maximum atomic E-state index is 11.5. The first-order chi connectivity index (χ1) is 7.60. The minimum Gasteiger partial charge on any atom is -0.481 e. The first-order valence-electron chi connectivity index (χ1n) is 5.28. The fourth-order valence-electron chi connectivity index (χ4n) is 2.45. The van der Waals surface area contributed by atoms with Gasteiger partial charge in [-0.2, -0.15) is 0 Å². The molecule has 1 fully saturated rings. The van der Waals surface area contributed by atoms with Crippen LogP contribution in [0.5, 0.6) is 0 Å². The standard InChI is InChI=1S/C12H14BrNO2/c13-10-4-2-1-3-9(10)12(11(15)16)5-8(6-12)7-14/h1-4,8H,5-7,14H2,(H,15,16). The van der Waals surface area contributed by atoms with Crippen molar-refractivity contribution in [3.05, 3.63) is 34.3 Å². The highest BCUT2D eigenvalue weighted by atomic mass is 79.9. The minimum atomic E-state index is -0.746. The van der Waals surface area contributed by atoms with Crippen LogP contribution >= 0.6 is 15.9 Å². The molecule has 0 amide bonds. The molecule has 0 heterocycles. The molecule has 16 heavy (non-hydrogen) atoms. The number of halogens is 1. The zero-order valence-corrected chi connectivity index (χ0v) is 10.4. The highest BCUT2D eigenvalue weighted by Gasteiger charge is 2.51. The molecule has 2 rings (SSSR count). The van der Waals surface area contributed by atoms with Crippen LogP contribution in [0.1, 0.15) is 18.4 Å². The number of hydrogen-bond acceptors (Lipinski definition) is 2. The van der Waals surface area contributed by atoms with Gasteiger partial charge in [-0.1, -0.05) is 34.1 Å². The van der Waals surface area contributed by atoms with Gasteiger partial charge < -0.3 is 10.8 Å². The lowest BCUT2D eigenvalue weighted by Crippen LogP contribution is -2.50. The molecule has 0 atom stereocenters. The second kappa shape index (κ2) is 4.18.